The second kappa shape index (κ2) is 4.36. The third-order valence-electron chi connectivity index (χ3n) is 1.55. The molecule has 0 radical (unpaired) electrons. The van der Waals surface area contributed by atoms with Gasteiger partial charge in [0.1, 0.15) is 0 Å². The summed E-state index contributed by atoms with van der Waals surface area (Å²) >= 11 is 0. The van der Waals surface area contributed by atoms with E-state index in [0.29, 0.717) is 6.54 Å². The molecule has 5 nitrogen and oxygen atoms in total. The van der Waals surface area contributed by atoms with Crippen LogP contribution in [0.25, 0.3) is 0 Å². The van der Waals surface area contributed by atoms with Crippen LogP contribution in [0, 0.1) is 0 Å². The summed E-state index contributed by atoms with van der Waals surface area (Å²) in [5.41, 5.74) is 0. The number of nitrogens with zero attached hydrogens (tertiary/aromatic N) is 2. The van der Waals surface area contributed by atoms with Crippen LogP contribution in [0.2, 0.25) is 0 Å². The highest BCUT2D eigenvalue weighted by atomic mass is 32.2. The van der Waals surface area contributed by atoms with E-state index in [1.165, 1.54) is 0 Å². The Bertz CT molecular complexity index is 243. The van der Waals surface area contributed by atoms with Crippen LogP contribution < -0.4 is 4.83 Å². The molecule has 0 fully saturated rings. The third kappa shape index (κ3) is 4.04. The van der Waals surface area contributed by atoms with Crippen molar-refractivity contribution in [2.45, 2.75) is 13.3 Å². The summed E-state index contributed by atoms with van der Waals surface area (Å²) in [7, 11) is 3.25. The Morgan fingerprint density at radius 1 is 1.31 bits per heavy atom. The molecule has 0 saturated carbocycles. The molecule has 0 aromatic rings. The maximum atomic E-state index is 11.6. The van der Waals surface area contributed by atoms with Gasteiger partial charge in [-0.05, 0) is 6.42 Å². The molecule has 1 N–H and O–H groups in total. The van der Waals surface area contributed by atoms with E-state index in [1.807, 2.05) is 6.92 Å². The van der Waals surface area contributed by atoms with Crippen molar-refractivity contribution in [1.29, 1.82) is 0 Å². The Balaban J connectivity index is 4.36. The molecule has 0 bridgehead atoms. The van der Waals surface area contributed by atoms with Gasteiger partial charge >= 0.3 is 10.2 Å². The van der Waals surface area contributed by atoms with Crippen molar-refractivity contribution in [1.82, 2.24) is 9.84 Å². The quantitative estimate of drug-likeness (QED) is 0.504. The zero-order valence-electron chi connectivity index (χ0n) is 9.03. The topological polar surface area (TPSA) is 49.4 Å². The van der Waals surface area contributed by atoms with Gasteiger partial charge in [0.25, 0.3) is 0 Å². The van der Waals surface area contributed by atoms with Gasteiger partial charge in [0.15, 0.2) is 0 Å². The molecule has 0 aromatic carbocycles. The highest BCUT2D eigenvalue weighted by Gasteiger charge is 2.28. The number of hydrazine groups is 1. The van der Waals surface area contributed by atoms with Crippen LogP contribution >= 0.6 is 0 Å². The molecule has 0 aliphatic rings. The van der Waals surface area contributed by atoms with E-state index in [-0.39, 0.29) is 3.89 Å². The third-order valence-corrected chi connectivity index (χ3v) is 3.54. The van der Waals surface area contributed by atoms with Gasteiger partial charge in [0.05, 0.1) is 21.1 Å². The summed E-state index contributed by atoms with van der Waals surface area (Å²) in [5.74, 6) is 0. The van der Waals surface area contributed by atoms with E-state index < -0.39 is 10.2 Å². The van der Waals surface area contributed by atoms with E-state index in [0.717, 1.165) is 6.42 Å². The van der Waals surface area contributed by atoms with E-state index in [9.17, 15) is 8.42 Å². The number of hydrogen-bond acceptors (Lipinski definition) is 3. The van der Waals surface area contributed by atoms with Crippen LogP contribution in [-0.2, 0) is 10.2 Å². The molecule has 0 rings (SSSR count). The lowest BCUT2D eigenvalue weighted by atomic mass is 10.5. The van der Waals surface area contributed by atoms with Crippen LogP contribution in [0.5, 0.6) is 0 Å². The second-order valence-electron chi connectivity index (χ2n) is 3.88. The number of quaternary nitrogens is 1. The smallest absolute Gasteiger partial charge is 0.229 e. The maximum Gasteiger partial charge on any atom is 0.382 e. The van der Waals surface area contributed by atoms with E-state index in [1.54, 1.807) is 33.2 Å². The normalized spacial score (nSPS) is 13.7. The van der Waals surface area contributed by atoms with E-state index in [2.05, 4.69) is 4.83 Å². The highest BCUT2D eigenvalue weighted by molar-refractivity contribution is 7.83. The SMILES string of the molecule is CCCN(C)NS(=O)(=O)[N+](C)(C)C. The van der Waals surface area contributed by atoms with Crippen LogP contribution in [-0.4, -0.2) is 52.1 Å². The number of hydrogen-bond donors (Lipinski definition) is 1. The molecule has 0 aliphatic heterocycles. The fourth-order valence-corrected chi connectivity index (χ4v) is 1.43. The minimum atomic E-state index is -3.31. The minimum Gasteiger partial charge on any atom is -0.229 e. The summed E-state index contributed by atoms with van der Waals surface area (Å²) in [6.45, 7) is 2.70. The standard InChI is InChI=1S/C7H20N3O2S/c1-6-7-9(2)8-13(11,12)10(3,4)5/h8H,6-7H2,1-5H3/q+1. The largest absolute Gasteiger partial charge is 0.382 e. The fraction of sp³-hybridized carbons (Fsp3) is 1.00. The van der Waals surface area contributed by atoms with Crippen LogP contribution in [0.3, 0.4) is 0 Å². The molecule has 0 aromatic heterocycles. The zero-order chi connectivity index (χ0) is 10.7. The Morgan fingerprint density at radius 3 is 2.08 bits per heavy atom. The minimum absolute atomic E-state index is 0.124. The molecule has 80 valence electrons. The maximum absolute atomic E-state index is 11.6. The van der Waals surface area contributed by atoms with Crippen LogP contribution in [0.15, 0.2) is 0 Å². The van der Waals surface area contributed by atoms with Gasteiger partial charge in [-0.2, -0.15) is 8.42 Å². The first-order valence-corrected chi connectivity index (χ1v) is 5.70. The van der Waals surface area contributed by atoms with Gasteiger partial charge in [0.2, 0.25) is 0 Å². The average molecular weight is 210 g/mol. The molecule has 0 heterocycles. The molecular formula is C7H20N3O2S+. The van der Waals surface area contributed by atoms with E-state index >= 15 is 0 Å². The lowest BCUT2D eigenvalue weighted by Gasteiger charge is -2.26. The van der Waals surface area contributed by atoms with Crippen molar-refractivity contribution >= 4 is 10.2 Å². The van der Waals surface area contributed by atoms with Crippen LogP contribution in [0.4, 0.5) is 0 Å². The molecule has 0 atom stereocenters. The summed E-state index contributed by atoms with van der Waals surface area (Å²) in [6.07, 6.45) is 0.913. The first-order chi connectivity index (χ1) is 5.70. The van der Waals surface area contributed by atoms with Crippen molar-refractivity contribution in [3.63, 3.8) is 0 Å². The predicted molar refractivity (Wildman–Crippen MR) is 53.0 cm³/mol. The monoisotopic (exact) mass is 210 g/mol. The van der Waals surface area contributed by atoms with Crippen molar-refractivity contribution in [2.24, 2.45) is 0 Å². The van der Waals surface area contributed by atoms with E-state index in [4.69, 9.17) is 0 Å². The average Bonchev–Trinajstić information content (AvgIpc) is 1.83. The number of rotatable bonds is 5. The molecule has 13 heavy (non-hydrogen) atoms. The molecular weight excluding hydrogens is 190 g/mol. The zero-order valence-corrected chi connectivity index (χ0v) is 9.85. The Hall–Kier alpha value is -0.170. The van der Waals surface area contributed by atoms with Gasteiger partial charge in [-0.25, -0.2) is 8.90 Å². The second-order valence-corrected chi connectivity index (χ2v) is 6.11. The molecule has 0 spiro atoms. The highest BCUT2D eigenvalue weighted by Crippen LogP contribution is 2.00. The lowest BCUT2D eigenvalue weighted by Crippen LogP contribution is -2.53. The Labute approximate surface area is 81.1 Å². The van der Waals surface area contributed by atoms with Crippen molar-refractivity contribution in [2.75, 3.05) is 34.7 Å². The molecule has 0 aliphatic carbocycles. The Kier molecular flexibility index (Phi) is 4.31. The summed E-state index contributed by atoms with van der Waals surface area (Å²) in [4.78, 5) is 2.47. The predicted octanol–water partition coefficient (Wildman–Crippen LogP) is -0.216. The molecule has 0 amide bonds. The molecule has 6 heteroatoms. The van der Waals surface area contributed by atoms with Crippen LogP contribution in [0.1, 0.15) is 13.3 Å². The summed E-state index contributed by atoms with van der Waals surface area (Å²) in [5, 5.41) is 1.58. The summed E-state index contributed by atoms with van der Waals surface area (Å²) < 4.78 is 23.0. The van der Waals surface area contributed by atoms with Gasteiger partial charge in [-0.1, -0.05) is 6.92 Å². The van der Waals surface area contributed by atoms with Crippen molar-refractivity contribution in [3.8, 4) is 0 Å². The first kappa shape index (κ1) is 12.8. The fourth-order valence-electron chi connectivity index (χ4n) is 0.700. The van der Waals surface area contributed by atoms with Gasteiger partial charge < -0.3 is 0 Å². The van der Waals surface area contributed by atoms with Crippen molar-refractivity contribution in [3.05, 3.63) is 0 Å². The molecule has 0 unspecified atom stereocenters. The summed E-state index contributed by atoms with van der Waals surface area (Å²) in [6, 6.07) is 0. The van der Waals surface area contributed by atoms with Gasteiger partial charge in [0, 0.05) is 13.6 Å². The van der Waals surface area contributed by atoms with Crippen molar-refractivity contribution < 1.29 is 12.3 Å². The first-order valence-electron chi connectivity index (χ1n) is 4.26. The van der Waals surface area contributed by atoms with Gasteiger partial charge in [-0.3, -0.25) is 0 Å². The lowest BCUT2D eigenvalue weighted by molar-refractivity contribution is -0.740. The molecule has 0 saturated heterocycles. The number of nitrogens with one attached hydrogen (secondary N) is 1. The Morgan fingerprint density at radius 2 is 1.77 bits per heavy atom. The van der Waals surface area contributed by atoms with Gasteiger partial charge in [-0.15, -0.1) is 4.83 Å².